The van der Waals surface area contributed by atoms with Gasteiger partial charge in [0.2, 0.25) is 0 Å². The van der Waals surface area contributed by atoms with Crippen molar-refractivity contribution in [2.24, 2.45) is 17.8 Å². The van der Waals surface area contributed by atoms with Gasteiger partial charge in [-0.2, -0.15) is 8.78 Å². The molecule has 1 amide bonds. The molecule has 1 aromatic rings. The Hall–Kier alpha value is -1.69. The number of benzene rings is 1. The Balaban J connectivity index is 1.44. The van der Waals surface area contributed by atoms with Gasteiger partial charge in [0.1, 0.15) is 5.75 Å². The van der Waals surface area contributed by atoms with Crippen LogP contribution in [0, 0.1) is 24.7 Å². The van der Waals surface area contributed by atoms with Crippen molar-refractivity contribution in [1.29, 1.82) is 0 Å². The van der Waals surface area contributed by atoms with Crippen LogP contribution in [0.1, 0.15) is 37.7 Å². The smallest absolute Gasteiger partial charge is 0.425 e. The number of aryl methyl sites for hydroxylation is 1. The molecule has 25 heavy (non-hydrogen) atoms. The van der Waals surface area contributed by atoms with Crippen LogP contribution in [0.2, 0.25) is 0 Å². The number of aliphatic hydroxyl groups is 1. The van der Waals surface area contributed by atoms with Crippen LogP contribution in [0.25, 0.3) is 0 Å². The first-order valence-electron chi connectivity index (χ1n) is 8.91. The highest BCUT2D eigenvalue weighted by atomic mass is 19.3. The zero-order valence-electron chi connectivity index (χ0n) is 14.2. The summed E-state index contributed by atoms with van der Waals surface area (Å²) in [6, 6.07) is 5.96. The molecule has 6 heteroatoms. The van der Waals surface area contributed by atoms with Gasteiger partial charge < -0.3 is 15.2 Å². The molecule has 0 aromatic heterocycles. The molecule has 4 fully saturated rings. The Bertz CT molecular complexity index is 677. The first-order chi connectivity index (χ1) is 11.7. The molecular formula is C19H23F2NO3. The molecule has 0 heterocycles. The van der Waals surface area contributed by atoms with Crippen molar-refractivity contribution >= 4 is 5.91 Å². The molecule has 3 unspecified atom stereocenters. The largest absolute Gasteiger partial charge is 0.482 e. The molecule has 136 valence electrons. The lowest BCUT2D eigenvalue weighted by Crippen LogP contribution is -2.63. The second-order valence-electron chi connectivity index (χ2n) is 8.13. The number of ether oxygens (including phenoxy) is 1. The highest BCUT2D eigenvalue weighted by Crippen LogP contribution is 2.55. The summed E-state index contributed by atoms with van der Waals surface area (Å²) in [5, 5.41) is 13.1. The van der Waals surface area contributed by atoms with Crippen molar-refractivity contribution in [3.05, 3.63) is 29.8 Å². The molecule has 4 aliphatic carbocycles. The summed E-state index contributed by atoms with van der Waals surface area (Å²) in [7, 11) is 0. The molecule has 0 radical (unpaired) electrons. The lowest BCUT2D eigenvalue weighted by Gasteiger charge is -2.58. The van der Waals surface area contributed by atoms with Crippen LogP contribution in [0.3, 0.4) is 0 Å². The van der Waals surface area contributed by atoms with Crippen LogP contribution in [-0.2, 0) is 4.79 Å². The lowest BCUT2D eigenvalue weighted by molar-refractivity contribution is -0.198. The first-order valence-corrected chi connectivity index (χ1v) is 8.91. The average Bonchev–Trinajstić information content (AvgIpc) is 2.48. The number of carbonyl (C=O) groups excluding carboxylic acids is 1. The number of halogens is 2. The van der Waals surface area contributed by atoms with E-state index in [0.29, 0.717) is 18.8 Å². The Morgan fingerprint density at radius 3 is 2.56 bits per heavy atom. The SMILES string of the molecule is Cc1cccc(OC(F)(F)C(=O)NC2[C@@H]3CC4C[C@H]2CC(O)(C4)C3)c1. The van der Waals surface area contributed by atoms with Crippen molar-refractivity contribution < 1.29 is 23.4 Å². The second kappa shape index (κ2) is 5.66. The number of rotatable bonds is 4. The van der Waals surface area contributed by atoms with E-state index in [4.69, 9.17) is 0 Å². The number of hydrogen-bond donors (Lipinski definition) is 2. The fourth-order valence-electron chi connectivity index (χ4n) is 5.33. The standard InChI is InChI=1S/C19H23F2NO3/c1-11-3-2-4-15(5-11)25-19(20,21)17(23)22-16-13-6-12-7-14(16)10-18(24,8-12)9-13/h2-5,12-14,16,24H,6-10H2,1H3,(H,22,23)/t12?,13-,14+,16?,18?. The van der Waals surface area contributed by atoms with Crippen LogP contribution < -0.4 is 10.1 Å². The summed E-state index contributed by atoms with van der Waals surface area (Å²) in [5.41, 5.74) is 0.126. The molecule has 4 saturated carbocycles. The summed E-state index contributed by atoms with van der Waals surface area (Å²) in [4.78, 5) is 12.2. The first kappa shape index (κ1) is 16.8. The highest BCUT2D eigenvalue weighted by Gasteiger charge is 2.56. The maximum absolute atomic E-state index is 14.2. The summed E-state index contributed by atoms with van der Waals surface area (Å²) in [6.07, 6.45) is -0.126. The van der Waals surface area contributed by atoms with Gasteiger partial charge in [-0.15, -0.1) is 0 Å². The third-order valence-corrected chi connectivity index (χ3v) is 6.04. The fourth-order valence-corrected chi connectivity index (χ4v) is 5.33. The van der Waals surface area contributed by atoms with Gasteiger partial charge in [0, 0.05) is 6.04 Å². The third kappa shape index (κ3) is 3.12. The molecule has 2 N–H and O–H groups in total. The van der Waals surface area contributed by atoms with Crippen molar-refractivity contribution in [1.82, 2.24) is 5.32 Å². The van der Waals surface area contributed by atoms with E-state index in [1.165, 1.54) is 12.1 Å². The predicted octanol–water partition coefficient (Wildman–Crippen LogP) is 3.02. The summed E-state index contributed by atoms with van der Waals surface area (Å²) in [5.74, 6) is -0.803. The van der Waals surface area contributed by atoms with Gasteiger partial charge in [-0.3, -0.25) is 4.79 Å². The average molecular weight is 351 g/mol. The Labute approximate surface area is 145 Å². The minimum Gasteiger partial charge on any atom is -0.425 e. The normalized spacial score (nSPS) is 36.3. The quantitative estimate of drug-likeness (QED) is 0.877. The van der Waals surface area contributed by atoms with Crippen LogP contribution in [0.15, 0.2) is 24.3 Å². The summed E-state index contributed by atoms with van der Waals surface area (Å²) < 4.78 is 33.1. The molecule has 0 saturated heterocycles. The number of carbonyl (C=O) groups is 1. The van der Waals surface area contributed by atoms with Crippen LogP contribution in [0.5, 0.6) is 5.75 Å². The van der Waals surface area contributed by atoms with Gasteiger partial charge >= 0.3 is 12.0 Å². The molecule has 4 nitrogen and oxygen atoms in total. The van der Waals surface area contributed by atoms with Gasteiger partial charge in [-0.25, -0.2) is 0 Å². The Morgan fingerprint density at radius 2 is 1.96 bits per heavy atom. The predicted molar refractivity (Wildman–Crippen MR) is 87.2 cm³/mol. The molecule has 4 bridgehead atoms. The van der Waals surface area contributed by atoms with E-state index in [2.05, 4.69) is 10.1 Å². The maximum atomic E-state index is 14.2. The minimum absolute atomic E-state index is 0.0282. The third-order valence-electron chi connectivity index (χ3n) is 6.04. The maximum Gasteiger partial charge on any atom is 0.482 e. The van der Waals surface area contributed by atoms with E-state index in [1.54, 1.807) is 19.1 Å². The number of alkyl halides is 2. The molecule has 0 aliphatic heterocycles. The zero-order valence-corrected chi connectivity index (χ0v) is 14.2. The van der Waals surface area contributed by atoms with E-state index in [-0.39, 0.29) is 23.6 Å². The van der Waals surface area contributed by atoms with Gasteiger partial charge in [0.05, 0.1) is 5.60 Å². The molecule has 5 rings (SSSR count). The Kier molecular flexibility index (Phi) is 3.79. The van der Waals surface area contributed by atoms with E-state index in [1.807, 2.05) is 0 Å². The molecule has 5 atom stereocenters. The minimum atomic E-state index is -3.92. The Morgan fingerprint density at radius 1 is 1.28 bits per heavy atom. The van der Waals surface area contributed by atoms with E-state index < -0.39 is 17.6 Å². The molecule has 4 aliphatic rings. The molecular weight excluding hydrogens is 328 g/mol. The van der Waals surface area contributed by atoms with E-state index in [0.717, 1.165) is 24.8 Å². The zero-order chi connectivity index (χ0) is 17.8. The summed E-state index contributed by atoms with van der Waals surface area (Å²) >= 11 is 0. The number of nitrogens with one attached hydrogen (secondary N) is 1. The van der Waals surface area contributed by atoms with Gasteiger partial charge in [-0.05, 0) is 74.5 Å². The van der Waals surface area contributed by atoms with Crippen molar-refractivity contribution in [3.63, 3.8) is 0 Å². The van der Waals surface area contributed by atoms with Crippen LogP contribution >= 0.6 is 0 Å². The van der Waals surface area contributed by atoms with E-state index >= 15 is 0 Å². The molecule has 1 aromatic carbocycles. The number of amides is 1. The van der Waals surface area contributed by atoms with Crippen LogP contribution in [-0.4, -0.2) is 28.8 Å². The highest BCUT2D eigenvalue weighted by molar-refractivity contribution is 5.82. The fraction of sp³-hybridized carbons (Fsp3) is 0.632. The topological polar surface area (TPSA) is 58.6 Å². The van der Waals surface area contributed by atoms with Gasteiger partial charge in [0.15, 0.2) is 0 Å². The summed E-state index contributed by atoms with van der Waals surface area (Å²) in [6.45, 7) is 1.77. The van der Waals surface area contributed by atoms with Crippen molar-refractivity contribution in [2.45, 2.75) is 56.8 Å². The second-order valence-corrected chi connectivity index (χ2v) is 8.13. The van der Waals surface area contributed by atoms with Crippen molar-refractivity contribution in [2.75, 3.05) is 0 Å². The van der Waals surface area contributed by atoms with E-state index in [9.17, 15) is 18.7 Å². The lowest BCUT2D eigenvalue weighted by atomic mass is 9.52. The number of hydrogen-bond acceptors (Lipinski definition) is 3. The van der Waals surface area contributed by atoms with Gasteiger partial charge in [-0.1, -0.05) is 12.1 Å². The van der Waals surface area contributed by atoms with Crippen LogP contribution in [0.4, 0.5) is 8.78 Å². The molecule has 0 spiro atoms. The van der Waals surface area contributed by atoms with Gasteiger partial charge in [0.25, 0.3) is 0 Å². The monoisotopic (exact) mass is 351 g/mol. The van der Waals surface area contributed by atoms with Crippen molar-refractivity contribution in [3.8, 4) is 5.75 Å².